The summed E-state index contributed by atoms with van der Waals surface area (Å²) < 4.78 is 38.3. The normalized spacial score (nSPS) is 14.0. The number of nitrogens with two attached hydrogens (primary N) is 1. The quantitative estimate of drug-likeness (QED) is 0.741. The molecule has 0 saturated heterocycles. The van der Waals surface area contributed by atoms with E-state index in [2.05, 4.69) is 16.6 Å². The molecule has 1 aromatic carbocycles. The van der Waals surface area contributed by atoms with E-state index >= 15 is 0 Å². The van der Waals surface area contributed by atoms with Gasteiger partial charge in [-0.1, -0.05) is 30.9 Å². The number of sulfonamides is 1. The second kappa shape index (κ2) is 8.29. The van der Waals surface area contributed by atoms with Crippen LogP contribution in [0.2, 0.25) is 0 Å². The highest BCUT2D eigenvalue weighted by molar-refractivity contribution is 7.89. The van der Waals surface area contributed by atoms with Crippen molar-refractivity contribution in [2.24, 2.45) is 5.73 Å². The summed E-state index contributed by atoms with van der Waals surface area (Å²) in [7, 11) is -4.60. The molecule has 0 aliphatic carbocycles. The predicted molar refractivity (Wildman–Crippen MR) is 85.7 cm³/mol. The van der Waals surface area contributed by atoms with E-state index in [1.807, 2.05) is 6.92 Å². The average molecular weight is 328 g/mol. The molecule has 2 atom stereocenters. The first-order valence-electron chi connectivity index (χ1n) is 6.48. The summed E-state index contributed by atoms with van der Waals surface area (Å²) in [5.41, 5.74) is 5.73. The van der Waals surface area contributed by atoms with Crippen molar-refractivity contribution in [1.82, 2.24) is 4.72 Å². The molecule has 1 aromatic rings. The Hall–Kier alpha value is -1.20. The van der Waals surface area contributed by atoms with E-state index in [0.717, 1.165) is 0 Å². The zero-order valence-electron chi connectivity index (χ0n) is 12.1. The molecule has 7 heteroatoms. The highest BCUT2D eigenvalue weighted by Gasteiger charge is 2.17. The van der Waals surface area contributed by atoms with Crippen LogP contribution < -0.4 is 10.5 Å². The van der Waals surface area contributed by atoms with Crippen molar-refractivity contribution in [1.29, 1.82) is 0 Å². The van der Waals surface area contributed by atoms with E-state index in [1.54, 1.807) is 24.5 Å². The minimum atomic E-state index is -3.63. The van der Waals surface area contributed by atoms with Crippen LogP contribution in [-0.2, 0) is 20.8 Å². The van der Waals surface area contributed by atoms with Gasteiger partial charge in [-0.3, -0.25) is 4.21 Å². The summed E-state index contributed by atoms with van der Waals surface area (Å²) in [5, 5.41) is -0.0556. The summed E-state index contributed by atoms with van der Waals surface area (Å²) in [6, 6.07) is 6.51. The molecule has 0 spiro atoms. The fourth-order valence-corrected chi connectivity index (χ4v) is 3.25. The zero-order chi connectivity index (χ0) is 15.9. The van der Waals surface area contributed by atoms with Crippen LogP contribution in [0, 0.1) is 11.8 Å². The van der Waals surface area contributed by atoms with E-state index in [9.17, 15) is 12.6 Å². The van der Waals surface area contributed by atoms with Gasteiger partial charge in [0.05, 0.1) is 11.4 Å². The van der Waals surface area contributed by atoms with Crippen LogP contribution in [0.5, 0.6) is 0 Å². The molecule has 0 aliphatic rings. The molecule has 1 rings (SSSR count). The fraction of sp³-hybridized carbons (Fsp3) is 0.429. The van der Waals surface area contributed by atoms with Crippen LogP contribution in [-0.4, -0.2) is 37.2 Å². The Morgan fingerprint density at radius 2 is 2.05 bits per heavy atom. The Labute approximate surface area is 128 Å². The predicted octanol–water partition coefficient (Wildman–Crippen LogP) is 0.432. The topological polar surface area (TPSA) is 89.3 Å². The van der Waals surface area contributed by atoms with Gasteiger partial charge in [-0.05, 0) is 18.6 Å². The van der Waals surface area contributed by atoms with Gasteiger partial charge < -0.3 is 5.73 Å². The molecular formula is C14H20N2O3S2. The Morgan fingerprint density at radius 1 is 1.38 bits per heavy atom. The SMILES string of the molecule is CC(CCNS(=O)(=O)c1ccccc1C#CCN)S(C)=O. The molecular weight excluding hydrogens is 308 g/mol. The van der Waals surface area contributed by atoms with Gasteiger partial charge in [-0.2, -0.15) is 0 Å². The molecule has 0 aliphatic heterocycles. The first kappa shape index (κ1) is 17.9. The molecule has 116 valence electrons. The molecule has 2 unspecified atom stereocenters. The molecule has 0 radical (unpaired) electrons. The largest absolute Gasteiger partial charge is 0.320 e. The fourth-order valence-electron chi connectivity index (χ4n) is 1.59. The van der Waals surface area contributed by atoms with Crippen molar-refractivity contribution in [3.05, 3.63) is 29.8 Å². The minimum absolute atomic E-state index is 0.0556. The molecule has 0 bridgehead atoms. The van der Waals surface area contributed by atoms with Crippen LogP contribution >= 0.6 is 0 Å². The maximum atomic E-state index is 12.3. The molecule has 0 saturated carbocycles. The van der Waals surface area contributed by atoms with Crippen LogP contribution in [0.25, 0.3) is 0 Å². The molecule has 0 amide bonds. The number of hydrogen-bond acceptors (Lipinski definition) is 4. The number of benzene rings is 1. The Bertz CT molecular complexity index is 660. The summed E-state index contributed by atoms with van der Waals surface area (Å²) >= 11 is 0. The standard InChI is InChI=1S/C14H20N2O3S2/c1-12(20(2)17)9-11-16-21(18,19)14-8-4-3-6-13(14)7-5-10-15/h3-4,6,8,12,16H,9-11,15H2,1-2H3. The summed E-state index contributed by atoms with van der Waals surface area (Å²) in [4.78, 5) is 0.135. The number of nitrogens with one attached hydrogen (secondary N) is 1. The van der Waals surface area contributed by atoms with Crippen molar-refractivity contribution in [3.63, 3.8) is 0 Å². The van der Waals surface area contributed by atoms with Crippen LogP contribution in [0.15, 0.2) is 29.2 Å². The monoisotopic (exact) mass is 328 g/mol. The minimum Gasteiger partial charge on any atom is -0.320 e. The highest BCUT2D eigenvalue weighted by Crippen LogP contribution is 2.14. The van der Waals surface area contributed by atoms with E-state index < -0.39 is 20.8 Å². The van der Waals surface area contributed by atoms with Crippen molar-refractivity contribution in [3.8, 4) is 11.8 Å². The highest BCUT2D eigenvalue weighted by atomic mass is 32.2. The third kappa shape index (κ3) is 5.59. The van der Waals surface area contributed by atoms with Gasteiger partial charge in [0, 0.05) is 34.4 Å². The third-order valence-electron chi connectivity index (χ3n) is 2.91. The lowest BCUT2D eigenvalue weighted by atomic mass is 10.2. The summed E-state index contributed by atoms with van der Waals surface area (Å²) in [6.45, 7) is 2.23. The second-order valence-electron chi connectivity index (χ2n) is 4.50. The van der Waals surface area contributed by atoms with Crippen molar-refractivity contribution in [2.45, 2.75) is 23.5 Å². The Balaban J connectivity index is 2.86. The molecule has 5 nitrogen and oxygen atoms in total. The first-order chi connectivity index (χ1) is 9.88. The Kier molecular flexibility index (Phi) is 7.05. The molecule has 0 aromatic heterocycles. The third-order valence-corrected chi connectivity index (χ3v) is 5.80. The van der Waals surface area contributed by atoms with Gasteiger partial charge in [-0.15, -0.1) is 0 Å². The maximum absolute atomic E-state index is 12.3. The zero-order valence-corrected chi connectivity index (χ0v) is 13.8. The summed E-state index contributed by atoms with van der Waals surface area (Å²) in [5.74, 6) is 5.41. The maximum Gasteiger partial charge on any atom is 0.241 e. The Morgan fingerprint density at radius 3 is 2.67 bits per heavy atom. The molecule has 3 N–H and O–H groups in total. The first-order valence-corrected chi connectivity index (χ1v) is 9.58. The van der Waals surface area contributed by atoms with Gasteiger partial charge in [-0.25, -0.2) is 13.1 Å². The van der Waals surface area contributed by atoms with Gasteiger partial charge in [0.15, 0.2) is 0 Å². The molecule has 0 fully saturated rings. The van der Waals surface area contributed by atoms with Crippen molar-refractivity contribution >= 4 is 20.8 Å². The second-order valence-corrected chi connectivity index (χ2v) is 8.04. The molecule has 21 heavy (non-hydrogen) atoms. The van der Waals surface area contributed by atoms with E-state index in [-0.39, 0.29) is 23.2 Å². The smallest absolute Gasteiger partial charge is 0.241 e. The summed E-state index contributed by atoms with van der Waals surface area (Å²) in [6.07, 6.45) is 2.12. The number of rotatable bonds is 6. The molecule has 0 heterocycles. The van der Waals surface area contributed by atoms with Crippen LogP contribution in [0.1, 0.15) is 18.9 Å². The van der Waals surface area contributed by atoms with Crippen LogP contribution in [0.3, 0.4) is 0 Å². The van der Waals surface area contributed by atoms with Gasteiger partial charge >= 0.3 is 0 Å². The van der Waals surface area contributed by atoms with E-state index in [0.29, 0.717) is 12.0 Å². The lowest BCUT2D eigenvalue weighted by molar-refractivity contribution is 0.577. The average Bonchev–Trinajstić information content (AvgIpc) is 2.45. The van der Waals surface area contributed by atoms with Crippen molar-refractivity contribution in [2.75, 3.05) is 19.3 Å². The van der Waals surface area contributed by atoms with Gasteiger partial charge in [0.2, 0.25) is 10.0 Å². The lowest BCUT2D eigenvalue weighted by Crippen LogP contribution is -2.28. The van der Waals surface area contributed by atoms with Crippen molar-refractivity contribution < 1.29 is 12.6 Å². The van der Waals surface area contributed by atoms with E-state index in [1.165, 1.54) is 6.07 Å². The van der Waals surface area contributed by atoms with Gasteiger partial charge in [0.1, 0.15) is 0 Å². The van der Waals surface area contributed by atoms with E-state index in [4.69, 9.17) is 5.73 Å². The lowest BCUT2D eigenvalue weighted by Gasteiger charge is -2.11. The number of hydrogen-bond donors (Lipinski definition) is 2. The van der Waals surface area contributed by atoms with Crippen LogP contribution in [0.4, 0.5) is 0 Å². The van der Waals surface area contributed by atoms with Gasteiger partial charge in [0.25, 0.3) is 0 Å².